The lowest BCUT2D eigenvalue weighted by molar-refractivity contribution is 0.0698. The SMILES string of the molecule is Cn1nc(Cl)c(C(=O)O)c1NS(=O)(=O)O. The molecule has 0 aliphatic rings. The van der Waals surface area contributed by atoms with Crippen LogP contribution < -0.4 is 4.72 Å². The summed E-state index contributed by atoms with van der Waals surface area (Å²) in [4.78, 5) is 10.7. The van der Waals surface area contributed by atoms with Crippen LogP contribution in [0.5, 0.6) is 0 Å². The lowest BCUT2D eigenvalue weighted by Gasteiger charge is -2.03. The number of halogens is 1. The van der Waals surface area contributed by atoms with Crippen LogP contribution in [0.25, 0.3) is 0 Å². The molecule has 84 valence electrons. The first-order valence-electron chi connectivity index (χ1n) is 3.43. The molecule has 1 aromatic heterocycles. The smallest absolute Gasteiger partial charge is 0.358 e. The maximum Gasteiger partial charge on any atom is 0.358 e. The molecule has 0 spiro atoms. The standard InChI is InChI=1S/C5H6ClN3O5S/c1-9-4(8-15(12,13)14)2(5(10)11)3(6)7-9/h8H,1H3,(H,10,11)(H,12,13,14). The average Bonchev–Trinajstić information content (AvgIpc) is 2.23. The summed E-state index contributed by atoms with van der Waals surface area (Å²) in [6.07, 6.45) is 0. The number of hydrogen-bond donors (Lipinski definition) is 3. The lowest BCUT2D eigenvalue weighted by atomic mass is 10.3. The third-order valence-corrected chi connectivity index (χ3v) is 2.16. The zero-order valence-electron chi connectivity index (χ0n) is 7.30. The van der Waals surface area contributed by atoms with Crippen molar-refractivity contribution in [3.63, 3.8) is 0 Å². The van der Waals surface area contributed by atoms with Gasteiger partial charge in [-0.3, -0.25) is 4.55 Å². The van der Waals surface area contributed by atoms with Crippen LogP contribution in [0.15, 0.2) is 0 Å². The molecule has 3 N–H and O–H groups in total. The van der Waals surface area contributed by atoms with Crippen LogP contribution in [0.1, 0.15) is 10.4 Å². The summed E-state index contributed by atoms with van der Waals surface area (Å²) >= 11 is 5.44. The number of carbonyl (C=O) groups is 1. The van der Waals surface area contributed by atoms with Gasteiger partial charge in [-0.25, -0.2) is 14.2 Å². The first-order chi connectivity index (χ1) is 6.72. The van der Waals surface area contributed by atoms with Crippen molar-refractivity contribution in [1.82, 2.24) is 9.78 Å². The second-order valence-electron chi connectivity index (χ2n) is 2.52. The topological polar surface area (TPSA) is 122 Å². The van der Waals surface area contributed by atoms with Crippen molar-refractivity contribution in [2.45, 2.75) is 0 Å². The van der Waals surface area contributed by atoms with Gasteiger partial charge in [-0.1, -0.05) is 11.6 Å². The molecular weight excluding hydrogens is 250 g/mol. The molecule has 0 aliphatic heterocycles. The Hall–Kier alpha value is -1.32. The van der Waals surface area contributed by atoms with Crippen molar-refractivity contribution < 1.29 is 22.9 Å². The average molecular weight is 256 g/mol. The summed E-state index contributed by atoms with van der Waals surface area (Å²) in [6.45, 7) is 0. The van der Waals surface area contributed by atoms with Gasteiger partial charge in [0.05, 0.1) is 0 Å². The molecule has 0 aliphatic carbocycles. The zero-order chi connectivity index (χ0) is 11.8. The number of carboxylic acid groups (broad SMARTS) is 1. The van der Waals surface area contributed by atoms with Gasteiger partial charge in [-0.15, -0.1) is 0 Å². The number of aromatic nitrogens is 2. The van der Waals surface area contributed by atoms with Crippen molar-refractivity contribution in [1.29, 1.82) is 0 Å². The van der Waals surface area contributed by atoms with Gasteiger partial charge in [0, 0.05) is 7.05 Å². The number of aromatic carboxylic acids is 1. The van der Waals surface area contributed by atoms with E-state index in [9.17, 15) is 13.2 Å². The minimum absolute atomic E-state index is 0.379. The van der Waals surface area contributed by atoms with Gasteiger partial charge in [-0.2, -0.15) is 13.5 Å². The molecule has 1 heterocycles. The minimum Gasteiger partial charge on any atom is -0.477 e. The second kappa shape index (κ2) is 3.68. The maximum absolute atomic E-state index is 10.7. The molecule has 0 saturated heterocycles. The zero-order valence-corrected chi connectivity index (χ0v) is 8.87. The van der Waals surface area contributed by atoms with Crippen LogP contribution in [-0.2, 0) is 17.4 Å². The van der Waals surface area contributed by atoms with Crippen molar-refractivity contribution >= 4 is 33.7 Å². The van der Waals surface area contributed by atoms with E-state index in [1.165, 1.54) is 7.05 Å². The Morgan fingerprint density at radius 3 is 2.53 bits per heavy atom. The molecule has 10 heteroatoms. The number of nitrogens with one attached hydrogen (secondary N) is 1. The van der Waals surface area contributed by atoms with E-state index in [0.717, 1.165) is 4.68 Å². The highest BCUT2D eigenvalue weighted by atomic mass is 35.5. The van der Waals surface area contributed by atoms with E-state index in [1.54, 1.807) is 4.72 Å². The Balaban J connectivity index is 3.34. The summed E-state index contributed by atoms with van der Waals surface area (Å²) in [5, 5.41) is 11.8. The number of anilines is 1. The molecule has 1 rings (SSSR count). The Labute approximate surface area is 89.3 Å². The van der Waals surface area contributed by atoms with Gasteiger partial charge < -0.3 is 5.11 Å². The molecule has 15 heavy (non-hydrogen) atoms. The van der Waals surface area contributed by atoms with Crippen LogP contribution in [0.4, 0.5) is 5.82 Å². The van der Waals surface area contributed by atoms with E-state index < -0.39 is 27.7 Å². The third-order valence-electron chi connectivity index (χ3n) is 1.44. The van der Waals surface area contributed by atoms with Crippen LogP contribution in [-0.4, -0.2) is 33.8 Å². The largest absolute Gasteiger partial charge is 0.477 e. The quantitative estimate of drug-likeness (QED) is 0.653. The van der Waals surface area contributed by atoms with Crippen LogP contribution >= 0.6 is 11.6 Å². The maximum atomic E-state index is 10.7. The van der Waals surface area contributed by atoms with Gasteiger partial charge in [0.2, 0.25) is 0 Å². The Morgan fingerprint density at radius 1 is 1.60 bits per heavy atom. The fraction of sp³-hybridized carbons (Fsp3) is 0.200. The van der Waals surface area contributed by atoms with E-state index in [4.69, 9.17) is 21.3 Å². The predicted molar refractivity (Wildman–Crippen MR) is 50.3 cm³/mol. The van der Waals surface area contributed by atoms with E-state index in [2.05, 4.69) is 5.10 Å². The summed E-state index contributed by atoms with van der Waals surface area (Å²) in [5.41, 5.74) is -0.531. The minimum atomic E-state index is -4.58. The van der Waals surface area contributed by atoms with Gasteiger partial charge in [0.25, 0.3) is 0 Å². The van der Waals surface area contributed by atoms with E-state index >= 15 is 0 Å². The monoisotopic (exact) mass is 255 g/mol. The Kier molecular flexibility index (Phi) is 2.88. The Bertz CT molecular complexity index is 507. The van der Waals surface area contributed by atoms with Crippen LogP contribution in [0, 0.1) is 0 Å². The molecule has 0 unspecified atom stereocenters. The number of hydrogen-bond acceptors (Lipinski definition) is 4. The van der Waals surface area contributed by atoms with E-state index in [0.29, 0.717) is 0 Å². The summed E-state index contributed by atoms with van der Waals surface area (Å²) in [5.74, 6) is -1.88. The first kappa shape index (κ1) is 11.8. The molecule has 0 bridgehead atoms. The number of nitrogens with zero attached hydrogens (tertiary/aromatic N) is 2. The normalized spacial score (nSPS) is 11.4. The molecule has 0 aromatic carbocycles. The van der Waals surface area contributed by atoms with Crippen molar-refractivity contribution in [2.75, 3.05) is 4.72 Å². The molecule has 0 saturated carbocycles. The van der Waals surface area contributed by atoms with Gasteiger partial charge in [-0.05, 0) is 0 Å². The summed E-state index contributed by atoms with van der Waals surface area (Å²) in [7, 11) is -3.31. The molecule has 0 radical (unpaired) electrons. The molecule has 1 aromatic rings. The number of carboxylic acids is 1. The lowest BCUT2D eigenvalue weighted by Crippen LogP contribution is -2.15. The predicted octanol–water partition coefficient (Wildman–Crippen LogP) is -0.0136. The molecular formula is C5H6ClN3O5S. The van der Waals surface area contributed by atoms with Crippen LogP contribution in [0.2, 0.25) is 5.15 Å². The third kappa shape index (κ3) is 2.58. The van der Waals surface area contributed by atoms with E-state index in [-0.39, 0.29) is 5.15 Å². The van der Waals surface area contributed by atoms with Gasteiger partial charge >= 0.3 is 16.3 Å². The summed E-state index contributed by atoms with van der Waals surface area (Å²) < 4.78 is 32.0. The first-order valence-corrected chi connectivity index (χ1v) is 5.25. The molecule has 0 fully saturated rings. The van der Waals surface area contributed by atoms with Crippen LogP contribution in [0.3, 0.4) is 0 Å². The highest BCUT2D eigenvalue weighted by Gasteiger charge is 2.23. The highest BCUT2D eigenvalue weighted by Crippen LogP contribution is 2.23. The van der Waals surface area contributed by atoms with Crippen molar-refractivity contribution in [3.05, 3.63) is 10.7 Å². The number of aryl methyl sites for hydroxylation is 1. The molecule has 0 amide bonds. The highest BCUT2D eigenvalue weighted by molar-refractivity contribution is 7.87. The van der Waals surface area contributed by atoms with Gasteiger partial charge in [0.1, 0.15) is 5.56 Å². The molecule has 8 nitrogen and oxygen atoms in total. The van der Waals surface area contributed by atoms with Gasteiger partial charge in [0.15, 0.2) is 11.0 Å². The Morgan fingerprint density at radius 2 is 2.13 bits per heavy atom. The summed E-state index contributed by atoms with van der Waals surface area (Å²) in [6, 6.07) is 0. The van der Waals surface area contributed by atoms with E-state index in [1.807, 2.05) is 0 Å². The van der Waals surface area contributed by atoms with Crippen molar-refractivity contribution in [3.8, 4) is 0 Å². The molecule has 0 atom stereocenters. The fourth-order valence-corrected chi connectivity index (χ4v) is 1.68. The fourth-order valence-electron chi connectivity index (χ4n) is 0.920. The van der Waals surface area contributed by atoms with Crippen molar-refractivity contribution in [2.24, 2.45) is 7.05 Å². The second-order valence-corrected chi connectivity index (χ2v) is 4.03. The number of rotatable bonds is 3.